The van der Waals surface area contributed by atoms with Crippen LogP contribution in [0.25, 0.3) is 11.5 Å². The summed E-state index contributed by atoms with van der Waals surface area (Å²) >= 11 is 0. The van der Waals surface area contributed by atoms with Crippen LogP contribution in [0.3, 0.4) is 0 Å². The Morgan fingerprint density at radius 1 is 0.900 bits per heavy atom. The number of aryl methyl sites for hydroxylation is 1. The highest BCUT2D eigenvalue weighted by atomic mass is 19.1. The molecule has 7 nitrogen and oxygen atoms in total. The molecule has 3 aromatic carbocycles. The first-order valence-corrected chi connectivity index (χ1v) is 13.4. The van der Waals surface area contributed by atoms with E-state index in [1.165, 1.54) is 12.1 Å². The SMILES string of the molecule is Cc1oc(-c2ccccc2)nc1COc1ccc(CO/N=C(\CCCCCCC(=O)O)c2ccc(F)cc2)cc1. The Morgan fingerprint density at radius 2 is 1.60 bits per heavy atom. The van der Waals surface area contributed by atoms with E-state index in [0.717, 1.165) is 53.1 Å². The molecule has 8 heteroatoms. The molecule has 0 amide bonds. The number of aromatic nitrogens is 1. The van der Waals surface area contributed by atoms with Crippen LogP contribution in [0.2, 0.25) is 0 Å². The summed E-state index contributed by atoms with van der Waals surface area (Å²) in [6.45, 7) is 2.44. The van der Waals surface area contributed by atoms with Gasteiger partial charge < -0.3 is 19.1 Å². The fraction of sp³-hybridized carbons (Fsp3) is 0.281. The van der Waals surface area contributed by atoms with Gasteiger partial charge in [-0.3, -0.25) is 4.79 Å². The highest BCUT2D eigenvalue weighted by Crippen LogP contribution is 2.23. The molecule has 4 rings (SSSR count). The zero-order valence-electron chi connectivity index (χ0n) is 22.5. The molecule has 0 aliphatic rings. The molecule has 4 aromatic rings. The van der Waals surface area contributed by atoms with Crippen molar-refractivity contribution < 1.29 is 28.3 Å². The van der Waals surface area contributed by atoms with Crippen LogP contribution in [-0.4, -0.2) is 21.8 Å². The second kappa shape index (κ2) is 14.6. The van der Waals surface area contributed by atoms with E-state index in [0.29, 0.717) is 31.1 Å². The zero-order valence-corrected chi connectivity index (χ0v) is 22.5. The number of oxime groups is 1. The second-order valence-corrected chi connectivity index (χ2v) is 9.45. The van der Waals surface area contributed by atoms with Crippen LogP contribution in [0.1, 0.15) is 61.1 Å². The van der Waals surface area contributed by atoms with Gasteiger partial charge in [-0.05, 0) is 73.7 Å². The summed E-state index contributed by atoms with van der Waals surface area (Å²) in [6, 6.07) is 23.5. The van der Waals surface area contributed by atoms with E-state index in [-0.39, 0.29) is 18.8 Å². The smallest absolute Gasteiger partial charge is 0.303 e. The molecule has 40 heavy (non-hydrogen) atoms. The van der Waals surface area contributed by atoms with Gasteiger partial charge in [-0.2, -0.15) is 0 Å². The topological polar surface area (TPSA) is 94.2 Å². The number of carboxylic acids is 1. The van der Waals surface area contributed by atoms with Gasteiger partial charge in [-0.15, -0.1) is 0 Å². The quantitative estimate of drug-likeness (QED) is 0.0936. The molecular formula is C32H33FN2O5. The van der Waals surface area contributed by atoms with Crippen molar-refractivity contribution >= 4 is 11.7 Å². The molecule has 0 fully saturated rings. The lowest BCUT2D eigenvalue weighted by atomic mass is 10.0. The maximum absolute atomic E-state index is 13.4. The molecule has 0 unspecified atom stereocenters. The minimum atomic E-state index is -0.774. The molecule has 0 radical (unpaired) electrons. The predicted molar refractivity (Wildman–Crippen MR) is 151 cm³/mol. The van der Waals surface area contributed by atoms with Gasteiger partial charge in [-0.1, -0.05) is 60.5 Å². The fourth-order valence-electron chi connectivity index (χ4n) is 4.09. The Bertz CT molecular complexity index is 1380. The Labute approximate surface area is 233 Å². The van der Waals surface area contributed by atoms with Crippen LogP contribution < -0.4 is 4.74 Å². The lowest BCUT2D eigenvalue weighted by molar-refractivity contribution is -0.137. The minimum absolute atomic E-state index is 0.181. The summed E-state index contributed by atoms with van der Waals surface area (Å²) in [5, 5.41) is 13.1. The van der Waals surface area contributed by atoms with Crippen molar-refractivity contribution in [1.29, 1.82) is 0 Å². The number of carbonyl (C=O) groups is 1. The molecule has 0 aliphatic carbocycles. The van der Waals surface area contributed by atoms with Gasteiger partial charge in [0.25, 0.3) is 0 Å². The van der Waals surface area contributed by atoms with Crippen LogP contribution in [0.5, 0.6) is 5.75 Å². The first-order valence-electron chi connectivity index (χ1n) is 13.4. The van der Waals surface area contributed by atoms with E-state index in [1.54, 1.807) is 12.1 Å². The molecule has 1 heterocycles. The molecule has 1 N–H and O–H groups in total. The molecule has 0 bridgehead atoms. The van der Waals surface area contributed by atoms with E-state index >= 15 is 0 Å². The van der Waals surface area contributed by atoms with Gasteiger partial charge in [0, 0.05) is 12.0 Å². The number of ether oxygens (including phenoxy) is 1. The van der Waals surface area contributed by atoms with Gasteiger partial charge in [0.15, 0.2) is 0 Å². The third kappa shape index (κ3) is 8.80. The van der Waals surface area contributed by atoms with E-state index in [9.17, 15) is 9.18 Å². The number of hydrogen-bond acceptors (Lipinski definition) is 6. The number of nitrogens with zero attached hydrogens (tertiary/aromatic N) is 2. The van der Waals surface area contributed by atoms with Crippen molar-refractivity contribution in [2.45, 2.75) is 58.7 Å². The first-order chi connectivity index (χ1) is 19.5. The molecule has 0 aliphatic heterocycles. The first kappa shape index (κ1) is 28.5. The number of oxazole rings is 1. The number of halogens is 1. The number of unbranched alkanes of at least 4 members (excludes halogenated alkanes) is 3. The molecule has 0 saturated heterocycles. The van der Waals surface area contributed by atoms with Crippen LogP contribution in [-0.2, 0) is 22.8 Å². The van der Waals surface area contributed by atoms with Crippen molar-refractivity contribution in [1.82, 2.24) is 4.98 Å². The fourth-order valence-corrected chi connectivity index (χ4v) is 4.09. The number of carboxylic acid groups (broad SMARTS) is 1. The second-order valence-electron chi connectivity index (χ2n) is 9.45. The van der Waals surface area contributed by atoms with Gasteiger partial charge in [0.1, 0.15) is 36.2 Å². The van der Waals surface area contributed by atoms with E-state index in [4.69, 9.17) is 19.1 Å². The molecule has 0 atom stereocenters. The molecular weight excluding hydrogens is 511 g/mol. The van der Waals surface area contributed by atoms with Crippen LogP contribution in [0.4, 0.5) is 4.39 Å². The summed E-state index contributed by atoms with van der Waals surface area (Å²) in [4.78, 5) is 20.9. The van der Waals surface area contributed by atoms with Crippen molar-refractivity contribution in [3.63, 3.8) is 0 Å². The summed E-state index contributed by atoms with van der Waals surface area (Å²) in [5.74, 6) is 0.909. The summed E-state index contributed by atoms with van der Waals surface area (Å²) in [7, 11) is 0. The van der Waals surface area contributed by atoms with Gasteiger partial charge in [0.2, 0.25) is 5.89 Å². The summed E-state index contributed by atoms with van der Waals surface area (Å²) in [5.41, 5.74) is 4.12. The lowest BCUT2D eigenvalue weighted by Gasteiger charge is -2.09. The van der Waals surface area contributed by atoms with Crippen molar-refractivity contribution in [2.75, 3.05) is 0 Å². The largest absolute Gasteiger partial charge is 0.487 e. The van der Waals surface area contributed by atoms with Crippen LogP contribution in [0, 0.1) is 12.7 Å². The number of aliphatic carboxylic acids is 1. The highest BCUT2D eigenvalue weighted by Gasteiger charge is 2.12. The Hall–Kier alpha value is -4.46. The zero-order chi connectivity index (χ0) is 28.2. The van der Waals surface area contributed by atoms with E-state index in [2.05, 4.69) is 10.1 Å². The molecule has 0 spiro atoms. The highest BCUT2D eigenvalue weighted by molar-refractivity contribution is 6.00. The standard InChI is InChI=1S/C32H33FN2O5/c1-23-30(34-32(40-23)26-9-5-4-6-10-26)22-38-28-19-13-24(14-20-28)21-39-35-29(25-15-17-27(33)18-16-25)11-7-2-3-8-12-31(36)37/h4-6,9-10,13-20H,2-3,7-8,11-12,21-22H2,1H3,(H,36,37)/b35-29+. The van der Waals surface area contributed by atoms with Gasteiger partial charge >= 0.3 is 5.97 Å². The predicted octanol–water partition coefficient (Wildman–Crippen LogP) is 7.71. The van der Waals surface area contributed by atoms with Gasteiger partial charge in [-0.25, -0.2) is 9.37 Å². The third-order valence-corrected chi connectivity index (χ3v) is 6.35. The average molecular weight is 545 g/mol. The molecule has 208 valence electrons. The van der Waals surface area contributed by atoms with Crippen molar-refractivity contribution in [3.8, 4) is 17.2 Å². The van der Waals surface area contributed by atoms with Gasteiger partial charge in [0.05, 0.1) is 5.71 Å². The normalized spacial score (nSPS) is 11.4. The number of hydrogen-bond donors (Lipinski definition) is 1. The van der Waals surface area contributed by atoms with E-state index in [1.807, 2.05) is 61.5 Å². The summed E-state index contributed by atoms with van der Waals surface area (Å²) < 4.78 is 25.1. The monoisotopic (exact) mass is 544 g/mol. The Balaban J connectivity index is 1.29. The third-order valence-electron chi connectivity index (χ3n) is 6.35. The number of rotatable bonds is 15. The Morgan fingerprint density at radius 3 is 2.30 bits per heavy atom. The maximum Gasteiger partial charge on any atom is 0.303 e. The lowest BCUT2D eigenvalue weighted by Crippen LogP contribution is -2.03. The van der Waals surface area contributed by atoms with E-state index < -0.39 is 5.97 Å². The Kier molecular flexibility index (Phi) is 10.4. The average Bonchev–Trinajstić information content (AvgIpc) is 3.34. The maximum atomic E-state index is 13.4. The molecule has 0 saturated carbocycles. The minimum Gasteiger partial charge on any atom is -0.487 e. The summed E-state index contributed by atoms with van der Waals surface area (Å²) in [6.07, 6.45) is 4.05. The molecule has 1 aromatic heterocycles. The van der Waals surface area contributed by atoms with Crippen LogP contribution in [0.15, 0.2) is 88.4 Å². The van der Waals surface area contributed by atoms with Crippen LogP contribution >= 0.6 is 0 Å². The van der Waals surface area contributed by atoms with Crippen molar-refractivity contribution in [3.05, 3.63) is 107 Å². The number of benzene rings is 3. The van der Waals surface area contributed by atoms with Crippen molar-refractivity contribution in [2.24, 2.45) is 5.16 Å².